The van der Waals surface area contributed by atoms with E-state index in [4.69, 9.17) is 0 Å². The fraction of sp³-hybridized carbons (Fsp3) is 0.167. The number of halogens is 1. The number of hydrazone groups is 1. The van der Waals surface area contributed by atoms with Gasteiger partial charge in [-0.05, 0) is 31.5 Å². The summed E-state index contributed by atoms with van der Waals surface area (Å²) in [5.74, 6) is 0.205. The monoisotopic (exact) mass is 325 g/mol. The Labute approximate surface area is 118 Å². The number of aromatic hydroxyl groups is 1. The zero-order chi connectivity index (χ0) is 13.1. The molecule has 0 aliphatic heterocycles. The second-order valence-corrected chi connectivity index (χ2v) is 5.54. The molecule has 0 atom stereocenters. The van der Waals surface area contributed by atoms with Gasteiger partial charge in [0.2, 0.25) is 5.13 Å². The molecule has 0 aliphatic carbocycles. The first kappa shape index (κ1) is 13.0. The van der Waals surface area contributed by atoms with Crippen LogP contribution in [0, 0.1) is 13.8 Å². The molecule has 0 spiro atoms. The molecule has 1 aromatic heterocycles. The lowest BCUT2D eigenvalue weighted by molar-refractivity contribution is 0.474. The lowest BCUT2D eigenvalue weighted by Crippen LogP contribution is -1.91. The van der Waals surface area contributed by atoms with Crippen LogP contribution in [-0.2, 0) is 0 Å². The Morgan fingerprint density at radius 2 is 2.22 bits per heavy atom. The second-order valence-electron chi connectivity index (χ2n) is 3.82. The number of hydrogen-bond acceptors (Lipinski definition) is 5. The zero-order valence-electron chi connectivity index (χ0n) is 9.94. The van der Waals surface area contributed by atoms with E-state index in [-0.39, 0.29) is 5.75 Å². The van der Waals surface area contributed by atoms with Crippen LogP contribution >= 0.6 is 27.3 Å². The predicted molar refractivity (Wildman–Crippen MR) is 78.6 cm³/mol. The lowest BCUT2D eigenvalue weighted by Gasteiger charge is -2.03. The third-order valence-electron chi connectivity index (χ3n) is 2.29. The van der Waals surface area contributed by atoms with Gasteiger partial charge < -0.3 is 5.11 Å². The largest absolute Gasteiger partial charge is 0.507 e. The van der Waals surface area contributed by atoms with Gasteiger partial charge in [0.25, 0.3) is 0 Å². The van der Waals surface area contributed by atoms with E-state index in [0.29, 0.717) is 5.56 Å². The SMILES string of the molecule is Cc1csc(NN=Cc2cc(Br)c(C)cc2O)n1. The van der Waals surface area contributed by atoms with Gasteiger partial charge in [-0.25, -0.2) is 4.98 Å². The van der Waals surface area contributed by atoms with E-state index < -0.39 is 0 Å². The zero-order valence-corrected chi connectivity index (χ0v) is 12.3. The van der Waals surface area contributed by atoms with Gasteiger partial charge in [0, 0.05) is 15.4 Å². The van der Waals surface area contributed by atoms with Crippen LogP contribution in [0.2, 0.25) is 0 Å². The van der Waals surface area contributed by atoms with Crippen molar-refractivity contribution in [3.05, 3.63) is 38.8 Å². The summed E-state index contributed by atoms with van der Waals surface area (Å²) >= 11 is 4.90. The molecule has 6 heteroatoms. The Bertz CT molecular complexity index is 595. The summed E-state index contributed by atoms with van der Waals surface area (Å²) in [6.07, 6.45) is 1.57. The van der Waals surface area contributed by atoms with Crippen molar-refractivity contribution in [1.82, 2.24) is 4.98 Å². The average molecular weight is 326 g/mol. The maximum Gasteiger partial charge on any atom is 0.203 e. The van der Waals surface area contributed by atoms with Crippen molar-refractivity contribution in [1.29, 1.82) is 0 Å². The van der Waals surface area contributed by atoms with Gasteiger partial charge in [-0.3, -0.25) is 5.43 Å². The summed E-state index contributed by atoms with van der Waals surface area (Å²) in [6.45, 7) is 3.84. The number of nitrogens with zero attached hydrogens (tertiary/aromatic N) is 2. The fourth-order valence-corrected chi connectivity index (χ4v) is 2.35. The van der Waals surface area contributed by atoms with Gasteiger partial charge in [-0.15, -0.1) is 11.3 Å². The van der Waals surface area contributed by atoms with Crippen LogP contribution in [0.5, 0.6) is 5.75 Å². The minimum atomic E-state index is 0.205. The van der Waals surface area contributed by atoms with Gasteiger partial charge in [-0.2, -0.15) is 5.10 Å². The van der Waals surface area contributed by atoms with Gasteiger partial charge >= 0.3 is 0 Å². The van der Waals surface area contributed by atoms with E-state index in [1.807, 2.05) is 25.3 Å². The molecule has 2 N–H and O–H groups in total. The predicted octanol–water partition coefficient (Wildman–Crippen LogP) is 3.67. The van der Waals surface area contributed by atoms with Crippen molar-refractivity contribution in [3.63, 3.8) is 0 Å². The fourth-order valence-electron chi connectivity index (χ4n) is 1.35. The van der Waals surface area contributed by atoms with Crippen LogP contribution in [0.3, 0.4) is 0 Å². The molecule has 0 saturated heterocycles. The summed E-state index contributed by atoms with van der Waals surface area (Å²) in [5, 5.41) is 16.5. The van der Waals surface area contributed by atoms with E-state index >= 15 is 0 Å². The molecular weight excluding hydrogens is 314 g/mol. The highest BCUT2D eigenvalue weighted by atomic mass is 79.9. The van der Waals surface area contributed by atoms with Crippen molar-refractivity contribution in [2.45, 2.75) is 13.8 Å². The first-order valence-corrected chi connectivity index (χ1v) is 6.94. The smallest absolute Gasteiger partial charge is 0.203 e. The average Bonchev–Trinajstić information content (AvgIpc) is 2.71. The number of nitrogens with one attached hydrogen (secondary N) is 1. The molecule has 0 saturated carbocycles. The third kappa shape index (κ3) is 3.08. The van der Waals surface area contributed by atoms with Crippen molar-refractivity contribution in [3.8, 4) is 5.75 Å². The summed E-state index contributed by atoms with van der Waals surface area (Å²) in [4.78, 5) is 4.22. The number of anilines is 1. The van der Waals surface area contributed by atoms with Crippen molar-refractivity contribution >= 4 is 38.6 Å². The maximum absolute atomic E-state index is 9.76. The van der Waals surface area contributed by atoms with Gasteiger partial charge in [-0.1, -0.05) is 15.9 Å². The van der Waals surface area contributed by atoms with E-state index in [1.54, 1.807) is 12.3 Å². The van der Waals surface area contributed by atoms with Crippen LogP contribution in [0.4, 0.5) is 5.13 Å². The van der Waals surface area contributed by atoms with Crippen LogP contribution in [0.25, 0.3) is 0 Å². The van der Waals surface area contributed by atoms with Crippen molar-refractivity contribution in [2.24, 2.45) is 5.10 Å². The Hall–Kier alpha value is -1.40. The van der Waals surface area contributed by atoms with E-state index in [2.05, 4.69) is 31.4 Å². The molecule has 4 nitrogen and oxygen atoms in total. The Morgan fingerprint density at radius 1 is 1.44 bits per heavy atom. The number of aromatic nitrogens is 1. The molecule has 18 heavy (non-hydrogen) atoms. The highest BCUT2D eigenvalue weighted by Gasteiger charge is 2.03. The van der Waals surface area contributed by atoms with Gasteiger partial charge in [0.1, 0.15) is 5.75 Å². The standard InChI is InChI=1S/C12H12BrN3OS/c1-7-3-11(17)9(4-10(7)13)5-14-16-12-15-8(2)6-18-12/h3-6,17H,1-2H3,(H,15,16). The molecule has 0 fully saturated rings. The maximum atomic E-state index is 9.76. The molecule has 1 heterocycles. The third-order valence-corrected chi connectivity index (χ3v) is 4.01. The Morgan fingerprint density at radius 3 is 2.89 bits per heavy atom. The Balaban J connectivity index is 2.11. The Kier molecular flexibility index (Phi) is 3.98. The highest BCUT2D eigenvalue weighted by molar-refractivity contribution is 9.10. The van der Waals surface area contributed by atoms with Crippen LogP contribution in [-0.4, -0.2) is 16.3 Å². The lowest BCUT2D eigenvalue weighted by atomic mass is 10.1. The number of thiazole rings is 1. The van der Waals surface area contributed by atoms with Gasteiger partial charge in [0.15, 0.2) is 0 Å². The van der Waals surface area contributed by atoms with Crippen LogP contribution in [0.1, 0.15) is 16.8 Å². The molecule has 94 valence electrons. The number of aryl methyl sites for hydroxylation is 2. The first-order chi connectivity index (χ1) is 8.56. The molecule has 1 aromatic carbocycles. The summed E-state index contributed by atoms with van der Waals surface area (Å²) < 4.78 is 0.937. The highest BCUT2D eigenvalue weighted by Crippen LogP contribution is 2.24. The molecule has 0 radical (unpaired) electrons. The number of phenols is 1. The number of hydrogen-bond donors (Lipinski definition) is 2. The topological polar surface area (TPSA) is 57.5 Å². The normalized spacial score (nSPS) is 11.1. The van der Waals surface area contributed by atoms with E-state index in [1.165, 1.54) is 11.3 Å². The molecular formula is C12H12BrN3OS. The minimum absolute atomic E-state index is 0.205. The molecule has 0 amide bonds. The quantitative estimate of drug-likeness (QED) is 0.668. The van der Waals surface area contributed by atoms with Crippen molar-refractivity contribution < 1.29 is 5.11 Å². The summed E-state index contributed by atoms with van der Waals surface area (Å²) in [6, 6.07) is 3.52. The molecule has 0 aliphatic rings. The first-order valence-electron chi connectivity index (χ1n) is 5.26. The molecule has 2 aromatic rings. The van der Waals surface area contributed by atoms with Crippen LogP contribution in [0.15, 0.2) is 27.1 Å². The number of rotatable bonds is 3. The summed E-state index contributed by atoms with van der Waals surface area (Å²) in [7, 11) is 0. The van der Waals surface area contributed by atoms with Crippen LogP contribution < -0.4 is 5.43 Å². The summed E-state index contributed by atoms with van der Waals surface area (Å²) in [5.41, 5.74) is 5.41. The molecule has 0 unspecified atom stereocenters. The number of phenolic OH excluding ortho intramolecular Hbond substituents is 1. The second kappa shape index (κ2) is 5.49. The number of benzene rings is 1. The van der Waals surface area contributed by atoms with E-state index in [9.17, 15) is 5.11 Å². The van der Waals surface area contributed by atoms with Gasteiger partial charge in [0.05, 0.1) is 11.9 Å². The molecule has 0 bridgehead atoms. The minimum Gasteiger partial charge on any atom is -0.507 e. The molecule has 2 rings (SSSR count). The van der Waals surface area contributed by atoms with Crippen molar-refractivity contribution in [2.75, 3.05) is 5.43 Å². The van der Waals surface area contributed by atoms with E-state index in [0.717, 1.165) is 20.9 Å².